The van der Waals surface area contributed by atoms with Crippen LogP contribution in [0.15, 0.2) is 18.2 Å². The van der Waals surface area contributed by atoms with E-state index in [0.717, 1.165) is 0 Å². The number of carbonyl (C=O) groups is 1. The molecule has 0 aliphatic heterocycles. The molecule has 5 heteroatoms. The van der Waals surface area contributed by atoms with E-state index in [2.05, 4.69) is 0 Å². The highest BCUT2D eigenvalue weighted by molar-refractivity contribution is 6.18. The number of hydrogen-bond donors (Lipinski definition) is 3. The highest BCUT2D eigenvalue weighted by atomic mass is 35.5. The van der Waals surface area contributed by atoms with E-state index in [1.807, 2.05) is 0 Å². The number of rotatable bonds is 4. The average molecular weight is 245 g/mol. The van der Waals surface area contributed by atoms with Crippen LogP contribution in [-0.2, 0) is 0 Å². The van der Waals surface area contributed by atoms with Crippen LogP contribution < -0.4 is 0 Å². The third-order valence-corrected chi connectivity index (χ3v) is 2.67. The fourth-order valence-corrected chi connectivity index (χ4v) is 1.60. The van der Waals surface area contributed by atoms with Gasteiger partial charge >= 0.3 is 5.97 Å². The highest BCUT2D eigenvalue weighted by Gasteiger charge is 2.19. The number of alkyl halides is 1. The topological polar surface area (TPSA) is 77.8 Å². The lowest BCUT2D eigenvalue weighted by molar-refractivity contribution is 0.0323. The first-order valence-corrected chi connectivity index (χ1v) is 5.26. The molecular formula is C11H13ClO4. The molecule has 1 aromatic carbocycles. The molecule has 0 fully saturated rings. The molecule has 0 heterocycles. The molecule has 2 atom stereocenters. The second-order valence-corrected chi connectivity index (χ2v) is 3.85. The molecule has 0 saturated carbocycles. The quantitative estimate of drug-likeness (QED) is 0.699. The van der Waals surface area contributed by atoms with Gasteiger partial charge in [-0.15, -0.1) is 11.6 Å². The van der Waals surface area contributed by atoms with Crippen LogP contribution in [0, 0.1) is 6.92 Å². The Kier molecular flexibility index (Phi) is 4.29. The van der Waals surface area contributed by atoms with Crippen molar-refractivity contribution in [2.75, 3.05) is 5.88 Å². The fraction of sp³-hybridized carbons (Fsp3) is 0.364. The Morgan fingerprint density at radius 1 is 1.44 bits per heavy atom. The maximum absolute atomic E-state index is 10.7. The largest absolute Gasteiger partial charge is 0.478 e. The first-order valence-electron chi connectivity index (χ1n) is 4.73. The number of aromatic carboxylic acids is 1. The van der Waals surface area contributed by atoms with E-state index in [9.17, 15) is 15.0 Å². The summed E-state index contributed by atoms with van der Waals surface area (Å²) in [4.78, 5) is 10.7. The van der Waals surface area contributed by atoms with Crippen LogP contribution in [0.5, 0.6) is 0 Å². The summed E-state index contributed by atoms with van der Waals surface area (Å²) in [6, 6.07) is 4.32. The minimum Gasteiger partial charge on any atom is -0.478 e. The van der Waals surface area contributed by atoms with Crippen LogP contribution in [0.1, 0.15) is 27.6 Å². The predicted octanol–water partition coefficient (Wildman–Crippen LogP) is 1.33. The zero-order valence-corrected chi connectivity index (χ0v) is 9.48. The lowest BCUT2D eigenvalue weighted by Crippen LogP contribution is -2.20. The Morgan fingerprint density at radius 3 is 2.50 bits per heavy atom. The van der Waals surface area contributed by atoms with Crippen LogP contribution in [-0.4, -0.2) is 33.3 Å². The molecule has 0 bridgehead atoms. The number of carboxylic acid groups (broad SMARTS) is 1. The smallest absolute Gasteiger partial charge is 0.335 e. The van der Waals surface area contributed by atoms with Gasteiger partial charge in [-0.3, -0.25) is 0 Å². The van der Waals surface area contributed by atoms with E-state index in [0.29, 0.717) is 11.1 Å². The maximum Gasteiger partial charge on any atom is 0.335 e. The van der Waals surface area contributed by atoms with Crippen LogP contribution in [0.2, 0.25) is 0 Å². The van der Waals surface area contributed by atoms with Gasteiger partial charge in [-0.2, -0.15) is 0 Å². The fourth-order valence-electron chi connectivity index (χ4n) is 1.43. The lowest BCUT2D eigenvalue weighted by Gasteiger charge is -2.18. The van der Waals surface area contributed by atoms with Gasteiger partial charge < -0.3 is 15.3 Å². The minimum absolute atomic E-state index is 0.0821. The Labute approximate surface area is 98.1 Å². The van der Waals surface area contributed by atoms with E-state index in [1.165, 1.54) is 18.2 Å². The summed E-state index contributed by atoms with van der Waals surface area (Å²) in [5.41, 5.74) is 1.24. The molecule has 0 aromatic heterocycles. The standard InChI is InChI=1S/C11H13ClO4/c1-6-4-7(11(15)16)2-3-8(6)10(14)9(13)5-12/h2-4,9-10,13-14H,5H2,1H3,(H,15,16). The SMILES string of the molecule is Cc1cc(C(=O)O)ccc1C(O)C(O)CCl. The van der Waals surface area contributed by atoms with Gasteiger partial charge in [-0.25, -0.2) is 4.79 Å². The number of benzene rings is 1. The molecule has 0 radical (unpaired) electrons. The molecule has 0 saturated heterocycles. The van der Waals surface area contributed by atoms with Crippen molar-refractivity contribution in [1.82, 2.24) is 0 Å². The number of halogens is 1. The lowest BCUT2D eigenvalue weighted by atomic mass is 9.98. The van der Waals surface area contributed by atoms with Crippen molar-refractivity contribution in [1.29, 1.82) is 0 Å². The minimum atomic E-state index is -1.10. The van der Waals surface area contributed by atoms with Crippen molar-refractivity contribution in [3.8, 4) is 0 Å². The Hall–Kier alpha value is -1.10. The molecule has 4 nitrogen and oxygen atoms in total. The molecule has 2 unspecified atom stereocenters. The van der Waals surface area contributed by atoms with Gasteiger partial charge in [0.2, 0.25) is 0 Å². The summed E-state index contributed by atoms with van der Waals surface area (Å²) in [6.45, 7) is 1.67. The van der Waals surface area contributed by atoms with Crippen LogP contribution in [0.4, 0.5) is 0 Å². The number of aliphatic hydroxyl groups excluding tert-OH is 2. The maximum atomic E-state index is 10.7. The Bertz CT molecular complexity index is 392. The molecule has 0 aliphatic rings. The third kappa shape index (κ3) is 2.72. The van der Waals surface area contributed by atoms with Crippen molar-refractivity contribution in [3.63, 3.8) is 0 Å². The number of hydrogen-bond acceptors (Lipinski definition) is 3. The molecule has 0 spiro atoms. The molecule has 3 N–H and O–H groups in total. The molecular weight excluding hydrogens is 232 g/mol. The zero-order valence-electron chi connectivity index (χ0n) is 8.72. The van der Waals surface area contributed by atoms with E-state index >= 15 is 0 Å². The van der Waals surface area contributed by atoms with Crippen molar-refractivity contribution in [2.45, 2.75) is 19.1 Å². The summed E-state index contributed by atoms with van der Waals surface area (Å²) in [7, 11) is 0. The first-order chi connectivity index (χ1) is 7.47. The van der Waals surface area contributed by atoms with Gasteiger partial charge in [0.1, 0.15) is 6.10 Å². The van der Waals surface area contributed by atoms with Gasteiger partial charge in [-0.05, 0) is 30.2 Å². The summed E-state index contributed by atoms with van der Waals surface area (Å²) in [5, 5.41) is 27.9. The van der Waals surface area contributed by atoms with E-state index in [-0.39, 0.29) is 11.4 Å². The highest BCUT2D eigenvalue weighted by Crippen LogP contribution is 2.22. The molecule has 1 rings (SSSR count). The van der Waals surface area contributed by atoms with E-state index in [4.69, 9.17) is 16.7 Å². The Balaban J connectivity index is 3.03. The summed E-state index contributed by atoms with van der Waals surface area (Å²) in [6.07, 6.45) is -2.16. The predicted molar refractivity (Wildman–Crippen MR) is 59.8 cm³/mol. The molecule has 0 amide bonds. The molecule has 88 valence electrons. The van der Waals surface area contributed by atoms with Crippen LogP contribution >= 0.6 is 11.6 Å². The Morgan fingerprint density at radius 2 is 2.06 bits per heavy atom. The second-order valence-electron chi connectivity index (χ2n) is 3.54. The van der Waals surface area contributed by atoms with E-state index < -0.39 is 18.2 Å². The number of carboxylic acids is 1. The van der Waals surface area contributed by atoms with Crippen molar-refractivity contribution < 1.29 is 20.1 Å². The first kappa shape index (κ1) is 13.0. The van der Waals surface area contributed by atoms with Crippen molar-refractivity contribution in [3.05, 3.63) is 34.9 Å². The van der Waals surface area contributed by atoms with Crippen LogP contribution in [0.25, 0.3) is 0 Å². The summed E-state index contributed by atoms with van der Waals surface area (Å²) >= 11 is 5.43. The van der Waals surface area contributed by atoms with Gasteiger partial charge in [0.25, 0.3) is 0 Å². The number of aryl methyl sites for hydroxylation is 1. The average Bonchev–Trinajstić information content (AvgIpc) is 2.26. The second kappa shape index (κ2) is 5.30. The third-order valence-electron chi connectivity index (χ3n) is 2.36. The monoisotopic (exact) mass is 244 g/mol. The zero-order chi connectivity index (χ0) is 12.3. The normalized spacial score (nSPS) is 14.5. The van der Waals surface area contributed by atoms with Gasteiger partial charge in [-0.1, -0.05) is 6.07 Å². The van der Waals surface area contributed by atoms with Gasteiger partial charge in [0.15, 0.2) is 0 Å². The van der Waals surface area contributed by atoms with Gasteiger partial charge in [0, 0.05) is 0 Å². The van der Waals surface area contributed by atoms with Crippen molar-refractivity contribution >= 4 is 17.6 Å². The van der Waals surface area contributed by atoms with Crippen molar-refractivity contribution in [2.24, 2.45) is 0 Å². The molecule has 1 aromatic rings. The van der Waals surface area contributed by atoms with Crippen LogP contribution in [0.3, 0.4) is 0 Å². The summed E-state index contributed by atoms with van der Waals surface area (Å²) in [5.74, 6) is -1.11. The van der Waals surface area contributed by atoms with E-state index in [1.54, 1.807) is 6.92 Å². The molecule has 16 heavy (non-hydrogen) atoms. The van der Waals surface area contributed by atoms with Gasteiger partial charge in [0.05, 0.1) is 17.5 Å². The molecule has 0 aliphatic carbocycles. The number of aliphatic hydroxyl groups is 2. The summed E-state index contributed by atoms with van der Waals surface area (Å²) < 4.78 is 0.